The minimum absolute atomic E-state index is 0.0492. The van der Waals surface area contributed by atoms with Crippen molar-refractivity contribution in [2.24, 2.45) is 0 Å². The van der Waals surface area contributed by atoms with Gasteiger partial charge in [0.2, 0.25) is 5.91 Å². The predicted molar refractivity (Wildman–Crippen MR) is 78.6 cm³/mol. The number of rotatable bonds is 8. The van der Waals surface area contributed by atoms with E-state index in [1.807, 2.05) is 13.8 Å². The molecule has 0 aliphatic carbocycles. The molecule has 0 radical (unpaired) electrons. The van der Waals surface area contributed by atoms with E-state index >= 15 is 0 Å². The lowest BCUT2D eigenvalue weighted by Gasteiger charge is -2.18. The molecule has 1 aromatic carbocycles. The fourth-order valence-electron chi connectivity index (χ4n) is 1.62. The topological polar surface area (TPSA) is 70.6 Å². The normalized spacial score (nSPS) is 13.8. The molecule has 1 rings (SSSR count). The Kier molecular flexibility index (Phi) is 7.11. The Hall–Kier alpha value is -1.66. The van der Waals surface area contributed by atoms with Gasteiger partial charge in [-0.1, -0.05) is 12.1 Å². The minimum atomic E-state index is -0.834. The lowest BCUT2D eigenvalue weighted by atomic mass is 10.2. The summed E-state index contributed by atoms with van der Waals surface area (Å²) in [5, 5.41) is 15.4. The highest BCUT2D eigenvalue weighted by Crippen LogP contribution is 2.15. The van der Waals surface area contributed by atoms with Gasteiger partial charge in [0.25, 0.3) is 0 Å². The van der Waals surface area contributed by atoms with Crippen LogP contribution in [-0.4, -0.2) is 42.4 Å². The maximum absolute atomic E-state index is 13.3. The number of para-hydroxylation sites is 1. The van der Waals surface area contributed by atoms with Gasteiger partial charge in [-0.25, -0.2) is 4.39 Å². The summed E-state index contributed by atoms with van der Waals surface area (Å²) in [5.41, 5.74) is 0. The second kappa shape index (κ2) is 8.59. The average Bonchev–Trinajstić information content (AvgIpc) is 2.43. The lowest BCUT2D eigenvalue weighted by molar-refractivity contribution is -0.123. The SMILES string of the molecule is CC(C)NC(=O)C(C)NCC(O)COc1ccccc1F. The predicted octanol–water partition coefficient (Wildman–Crippen LogP) is 1.07. The number of hydrogen-bond acceptors (Lipinski definition) is 4. The minimum Gasteiger partial charge on any atom is -0.488 e. The first-order valence-corrected chi connectivity index (χ1v) is 6.99. The molecule has 0 bridgehead atoms. The summed E-state index contributed by atoms with van der Waals surface area (Å²) < 4.78 is 18.5. The number of aliphatic hydroxyl groups is 1. The Bertz CT molecular complexity index is 454. The molecule has 0 aliphatic rings. The molecule has 0 saturated heterocycles. The van der Waals surface area contributed by atoms with E-state index in [-0.39, 0.29) is 30.9 Å². The molecule has 21 heavy (non-hydrogen) atoms. The molecular weight excluding hydrogens is 275 g/mol. The first-order chi connectivity index (χ1) is 9.90. The van der Waals surface area contributed by atoms with E-state index < -0.39 is 18.0 Å². The zero-order valence-corrected chi connectivity index (χ0v) is 12.6. The smallest absolute Gasteiger partial charge is 0.237 e. The van der Waals surface area contributed by atoms with Gasteiger partial charge in [-0.3, -0.25) is 4.79 Å². The summed E-state index contributed by atoms with van der Waals surface area (Å²) in [4.78, 5) is 11.7. The summed E-state index contributed by atoms with van der Waals surface area (Å²) >= 11 is 0. The molecular formula is C15H23FN2O3. The van der Waals surface area contributed by atoms with Crippen molar-refractivity contribution < 1.29 is 19.0 Å². The van der Waals surface area contributed by atoms with E-state index in [9.17, 15) is 14.3 Å². The number of ether oxygens (including phenoxy) is 1. The van der Waals surface area contributed by atoms with Crippen molar-refractivity contribution in [3.8, 4) is 5.75 Å². The van der Waals surface area contributed by atoms with Gasteiger partial charge >= 0.3 is 0 Å². The Balaban J connectivity index is 2.29. The third-order valence-electron chi connectivity index (χ3n) is 2.75. The molecule has 1 aromatic rings. The van der Waals surface area contributed by atoms with Crippen LogP contribution in [0, 0.1) is 5.82 Å². The zero-order chi connectivity index (χ0) is 15.8. The molecule has 3 N–H and O–H groups in total. The number of hydrogen-bond donors (Lipinski definition) is 3. The summed E-state index contributed by atoms with van der Waals surface area (Å²) in [6.45, 7) is 5.60. The van der Waals surface area contributed by atoms with Crippen molar-refractivity contribution in [1.29, 1.82) is 0 Å². The van der Waals surface area contributed by atoms with E-state index in [0.717, 1.165) is 0 Å². The molecule has 5 nitrogen and oxygen atoms in total. The molecule has 0 aromatic heterocycles. The van der Waals surface area contributed by atoms with E-state index in [0.29, 0.717) is 0 Å². The van der Waals surface area contributed by atoms with Gasteiger partial charge in [0.15, 0.2) is 11.6 Å². The second-order valence-electron chi connectivity index (χ2n) is 5.19. The van der Waals surface area contributed by atoms with E-state index in [1.54, 1.807) is 19.1 Å². The van der Waals surface area contributed by atoms with Crippen molar-refractivity contribution in [1.82, 2.24) is 10.6 Å². The first-order valence-electron chi connectivity index (χ1n) is 6.99. The van der Waals surface area contributed by atoms with Gasteiger partial charge < -0.3 is 20.5 Å². The third-order valence-corrected chi connectivity index (χ3v) is 2.75. The number of carbonyl (C=O) groups is 1. The van der Waals surface area contributed by atoms with Crippen LogP contribution in [0.5, 0.6) is 5.75 Å². The van der Waals surface area contributed by atoms with Crippen molar-refractivity contribution in [3.05, 3.63) is 30.1 Å². The molecule has 0 saturated carbocycles. The quantitative estimate of drug-likeness (QED) is 0.671. The molecule has 118 valence electrons. The van der Waals surface area contributed by atoms with Crippen LogP contribution in [-0.2, 0) is 4.79 Å². The number of carbonyl (C=O) groups excluding carboxylic acids is 1. The van der Waals surface area contributed by atoms with Crippen LogP contribution in [0.1, 0.15) is 20.8 Å². The number of aliphatic hydroxyl groups excluding tert-OH is 1. The van der Waals surface area contributed by atoms with Crippen LogP contribution in [0.25, 0.3) is 0 Å². The molecule has 0 fully saturated rings. The molecule has 2 unspecified atom stereocenters. The van der Waals surface area contributed by atoms with E-state index in [2.05, 4.69) is 10.6 Å². The Morgan fingerprint density at radius 1 is 1.33 bits per heavy atom. The second-order valence-corrected chi connectivity index (χ2v) is 5.19. The highest BCUT2D eigenvalue weighted by molar-refractivity contribution is 5.81. The van der Waals surface area contributed by atoms with Crippen molar-refractivity contribution in [2.75, 3.05) is 13.2 Å². The number of benzene rings is 1. The third kappa shape index (κ3) is 6.55. The van der Waals surface area contributed by atoms with Crippen molar-refractivity contribution in [3.63, 3.8) is 0 Å². The van der Waals surface area contributed by atoms with Crippen LogP contribution in [0.2, 0.25) is 0 Å². The molecule has 2 atom stereocenters. The van der Waals surface area contributed by atoms with Gasteiger partial charge in [-0.05, 0) is 32.9 Å². The monoisotopic (exact) mass is 298 g/mol. The Morgan fingerprint density at radius 2 is 2.00 bits per heavy atom. The van der Waals surface area contributed by atoms with Crippen LogP contribution in [0.15, 0.2) is 24.3 Å². The number of nitrogens with one attached hydrogen (secondary N) is 2. The summed E-state index contributed by atoms with van der Waals surface area (Å²) in [6.07, 6.45) is -0.834. The molecule has 6 heteroatoms. The maximum Gasteiger partial charge on any atom is 0.237 e. The van der Waals surface area contributed by atoms with Gasteiger partial charge in [0.1, 0.15) is 12.7 Å². The lowest BCUT2D eigenvalue weighted by Crippen LogP contribution is -2.47. The zero-order valence-electron chi connectivity index (χ0n) is 12.6. The standard InChI is InChI=1S/C15H23FN2O3/c1-10(2)18-15(20)11(3)17-8-12(19)9-21-14-7-5-4-6-13(14)16/h4-7,10-12,17,19H,8-9H2,1-3H3,(H,18,20). The van der Waals surface area contributed by atoms with Crippen LogP contribution in [0.4, 0.5) is 4.39 Å². The van der Waals surface area contributed by atoms with Crippen LogP contribution in [0.3, 0.4) is 0 Å². The summed E-state index contributed by atoms with van der Waals surface area (Å²) in [6, 6.07) is 5.65. The van der Waals surface area contributed by atoms with E-state index in [1.165, 1.54) is 12.1 Å². The first kappa shape index (κ1) is 17.4. The number of amides is 1. The highest BCUT2D eigenvalue weighted by Gasteiger charge is 2.15. The van der Waals surface area contributed by atoms with Crippen molar-refractivity contribution >= 4 is 5.91 Å². The maximum atomic E-state index is 13.3. The average molecular weight is 298 g/mol. The number of halogens is 1. The fraction of sp³-hybridized carbons (Fsp3) is 0.533. The van der Waals surface area contributed by atoms with Crippen LogP contribution < -0.4 is 15.4 Å². The van der Waals surface area contributed by atoms with Crippen LogP contribution >= 0.6 is 0 Å². The molecule has 0 heterocycles. The highest BCUT2D eigenvalue weighted by atomic mass is 19.1. The molecule has 0 spiro atoms. The largest absolute Gasteiger partial charge is 0.488 e. The Labute approximate surface area is 124 Å². The Morgan fingerprint density at radius 3 is 2.62 bits per heavy atom. The molecule has 0 aliphatic heterocycles. The van der Waals surface area contributed by atoms with Crippen molar-refractivity contribution in [2.45, 2.75) is 39.0 Å². The van der Waals surface area contributed by atoms with Gasteiger partial charge in [0, 0.05) is 12.6 Å². The fourth-order valence-corrected chi connectivity index (χ4v) is 1.62. The van der Waals surface area contributed by atoms with Gasteiger partial charge in [0.05, 0.1) is 6.04 Å². The summed E-state index contributed by atoms with van der Waals surface area (Å²) in [5.74, 6) is -0.503. The van der Waals surface area contributed by atoms with Gasteiger partial charge in [-0.15, -0.1) is 0 Å². The van der Waals surface area contributed by atoms with E-state index in [4.69, 9.17) is 4.74 Å². The van der Waals surface area contributed by atoms with Gasteiger partial charge in [-0.2, -0.15) is 0 Å². The summed E-state index contributed by atoms with van der Waals surface area (Å²) in [7, 11) is 0. The molecule has 1 amide bonds.